The second-order valence-corrected chi connectivity index (χ2v) is 5.26. The summed E-state index contributed by atoms with van der Waals surface area (Å²) in [4.78, 5) is 0. The maximum absolute atomic E-state index is 3.57. The van der Waals surface area contributed by atoms with E-state index in [1.54, 1.807) is 0 Å². The van der Waals surface area contributed by atoms with Crippen LogP contribution >= 0.6 is 0 Å². The summed E-state index contributed by atoms with van der Waals surface area (Å²) in [6.45, 7) is 8.66. The van der Waals surface area contributed by atoms with E-state index in [2.05, 4.69) is 55.7 Å². The standard InChI is InChI=1S/C15H26N2/c1-5-13-6-8-14(9-7-13)10-11-17-15(2,3)12-16-4/h6-9,16-17H,5,10-12H2,1-4H3. The minimum atomic E-state index is 0.165. The second kappa shape index (κ2) is 6.77. The predicted octanol–water partition coefficient (Wildman–Crippen LogP) is 2.38. The molecule has 2 N–H and O–H groups in total. The molecule has 96 valence electrons. The maximum Gasteiger partial charge on any atom is 0.0249 e. The van der Waals surface area contributed by atoms with Gasteiger partial charge in [-0.3, -0.25) is 0 Å². The van der Waals surface area contributed by atoms with E-state index in [1.165, 1.54) is 11.1 Å². The van der Waals surface area contributed by atoms with Gasteiger partial charge in [0.05, 0.1) is 0 Å². The van der Waals surface area contributed by atoms with Crippen molar-refractivity contribution in [1.29, 1.82) is 0 Å². The van der Waals surface area contributed by atoms with E-state index in [4.69, 9.17) is 0 Å². The molecule has 1 aromatic rings. The molecule has 0 heterocycles. The van der Waals surface area contributed by atoms with Gasteiger partial charge in [0, 0.05) is 12.1 Å². The number of rotatable bonds is 7. The fourth-order valence-corrected chi connectivity index (χ4v) is 1.99. The lowest BCUT2D eigenvalue weighted by Crippen LogP contribution is -2.47. The molecule has 0 saturated heterocycles. The molecule has 0 amide bonds. The largest absolute Gasteiger partial charge is 0.318 e. The number of benzene rings is 1. The first-order valence-electron chi connectivity index (χ1n) is 6.55. The molecule has 0 fully saturated rings. The average Bonchev–Trinajstić information content (AvgIpc) is 2.29. The van der Waals surface area contributed by atoms with Crippen molar-refractivity contribution in [3.63, 3.8) is 0 Å². The van der Waals surface area contributed by atoms with Gasteiger partial charge < -0.3 is 10.6 Å². The molecule has 1 aromatic carbocycles. The molecule has 2 nitrogen and oxygen atoms in total. The van der Waals surface area contributed by atoms with E-state index in [9.17, 15) is 0 Å². The van der Waals surface area contributed by atoms with Crippen LogP contribution in [-0.2, 0) is 12.8 Å². The number of likely N-dealkylation sites (N-methyl/N-ethyl adjacent to an activating group) is 1. The molecule has 0 aliphatic rings. The van der Waals surface area contributed by atoms with Crippen molar-refractivity contribution < 1.29 is 0 Å². The Kier molecular flexibility index (Phi) is 5.66. The van der Waals surface area contributed by atoms with Gasteiger partial charge in [-0.15, -0.1) is 0 Å². The third kappa shape index (κ3) is 5.33. The summed E-state index contributed by atoms with van der Waals surface area (Å²) in [5, 5.41) is 6.78. The van der Waals surface area contributed by atoms with Crippen molar-refractivity contribution in [3.05, 3.63) is 35.4 Å². The molecular formula is C15H26N2. The Bertz CT molecular complexity index is 314. The lowest BCUT2D eigenvalue weighted by atomic mass is 10.0. The minimum Gasteiger partial charge on any atom is -0.318 e. The Hall–Kier alpha value is -0.860. The molecule has 0 unspecified atom stereocenters. The molecular weight excluding hydrogens is 208 g/mol. The molecule has 0 radical (unpaired) electrons. The molecule has 2 heteroatoms. The maximum atomic E-state index is 3.57. The first-order chi connectivity index (χ1) is 8.07. The van der Waals surface area contributed by atoms with Crippen LogP contribution in [0, 0.1) is 0 Å². The van der Waals surface area contributed by atoms with Crippen LogP contribution in [0.1, 0.15) is 31.9 Å². The number of hydrogen-bond donors (Lipinski definition) is 2. The SMILES string of the molecule is CCc1ccc(CCNC(C)(C)CNC)cc1. The van der Waals surface area contributed by atoms with Gasteiger partial charge in [0.2, 0.25) is 0 Å². The molecule has 0 aliphatic carbocycles. The van der Waals surface area contributed by atoms with Crippen LogP contribution in [0.2, 0.25) is 0 Å². The van der Waals surface area contributed by atoms with E-state index >= 15 is 0 Å². The zero-order valence-electron chi connectivity index (χ0n) is 11.6. The molecule has 0 aliphatic heterocycles. The first kappa shape index (κ1) is 14.2. The average molecular weight is 234 g/mol. The highest BCUT2D eigenvalue weighted by molar-refractivity contribution is 5.22. The Balaban J connectivity index is 2.35. The van der Waals surface area contributed by atoms with Gasteiger partial charge >= 0.3 is 0 Å². The fourth-order valence-electron chi connectivity index (χ4n) is 1.99. The first-order valence-corrected chi connectivity index (χ1v) is 6.55. The van der Waals surface area contributed by atoms with Crippen LogP contribution in [0.4, 0.5) is 0 Å². The number of hydrogen-bond acceptors (Lipinski definition) is 2. The summed E-state index contributed by atoms with van der Waals surface area (Å²) < 4.78 is 0. The van der Waals surface area contributed by atoms with Crippen molar-refractivity contribution in [1.82, 2.24) is 10.6 Å². The molecule has 0 atom stereocenters. The zero-order valence-corrected chi connectivity index (χ0v) is 11.6. The van der Waals surface area contributed by atoms with E-state index in [1.807, 2.05) is 7.05 Å². The Morgan fingerprint density at radius 2 is 1.65 bits per heavy atom. The van der Waals surface area contributed by atoms with Gasteiger partial charge in [0.25, 0.3) is 0 Å². The van der Waals surface area contributed by atoms with Crippen molar-refractivity contribution in [2.75, 3.05) is 20.1 Å². The Morgan fingerprint density at radius 1 is 1.06 bits per heavy atom. The van der Waals surface area contributed by atoms with Crippen molar-refractivity contribution in [2.24, 2.45) is 0 Å². The highest BCUT2D eigenvalue weighted by Gasteiger charge is 2.14. The van der Waals surface area contributed by atoms with Crippen molar-refractivity contribution in [3.8, 4) is 0 Å². The second-order valence-electron chi connectivity index (χ2n) is 5.26. The summed E-state index contributed by atoms with van der Waals surface area (Å²) in [7, 11) is 1.99. The Morgan fingerprint density at radius 3 is 2.18 bits per heavy atom. The molecule has 0 saturated carbocycles. The van der Waals surface area contributed by atoms with Crippen LogP contribution in [0.25, 0.3) is 0 Å². The van der Waals surface area contributed by atoms with Gasteiger partial charge in [0.1, 0.15) is 0 Å². The van der Waals surface area contributed by atoms with Crippen LogP contribution < -0.4 is 10.6 Å². The zero-order chi connectivity index (χ0) is 12.7. The van der Waals surface area contributed by atoms with Crippen LogP contribution in [0.5, 0.6) is 0 Å². The van der Waals surface area contributed by atoms with Gasteiger partial charge in [0.15, 0.2) is 0 Å². The number of aryl methyl sites for hydroxylation is 1. The number of nitrogens with one attached hydrogen (secondary N) is 2. The van der Waals surface area contributed by atoms with Crippen LogP contribution in [0.3, 0.4) is 0 Å². The van der Waals surface area contributed by atoms with E-state index in [0.717, 1.165) is 25.9 Å². The smallest absolute Gasteiger partial charge is 0.0249 e. The molecule has 0 bridgehead atoms. The summed E-state index contributed by atoms with van der Waals surface area (Å²) in [5.41, 5.74) is 2.99. The van der Waals surface area contributed by atoms with E-state index in [0.29, 0.717) is 0 Å². The van der Waals surface area contributed by atoms with Gasteiger partial charge in [-0.05, 0) is 51.4 Å². The lowest BCUT2D eigenvalue weighted by Gasteiger charge is -2.26. The highest BCUT2D eigenvalue weighted by Crippen LogP contribution is 2.06. The van der Waals surface area contributed by atoms with Crippen LogP contribution in [-0.4, -0.2) is 25.7 Å². The van der Waals surface area contributed by atoms with Gasteiger partial charge in [-0.1, -0.05) is 31.2 Å². The van der Waals surface area contributed by atoms with E-state index in [-0.39, 0.29) is 5.54 Å². The summed E-state index contributed by atoms with van der Waals surface area (Å²) >= 11 is 0. The third-order valence-corrected chi connectivity index (χ3v) is 3.07. The molecule has 1 rings (SSSR count). The normalized spacial score (nSPS) is 11.8. The van der Waals surface area contributed by atoms with Crippen molar-refractivity contribution in [2.45, 2.75) is 39.2 Å². The monoisotopic (exact) mass is 234 g/mol. The lowest BCUT2D eigenvalue weighted by molar-refractivity contribution is 0.379. The molecule has 17 heavy (non-hydrogen) atoms. The quantitative estimate of drug-likeness (QED) is 0.757. The molecule has 0 aromatic heterocycles. The molecule has 0 spiro atoms. The van der Waals surface area contributed by atoms with Gasteiger partial charge in [-0.2, -0.15) is 0 Å². The van der Waals surface area contributed by atoms with Crippen LogP contribution in [0.15, 0.2) is 24.3 Å². The predicted molar refractivity (Wildman–Crippen MR) is 75.5 cm³/mol. The highest BCUT2D eigenvalue weighted by atomic mass is 15.0. The van der Waals surface area contributed by atoms with Gasteiger partial charge in [-0.25, -0.2) is 0 Å². The summed E-state index contributed by atoms with van der Waals surface area (Å²) in [6.07, 6.45) is 2.21. The topological polar surface area (TPSA) is 24.1 Å². The fraction of sp³-hybridized carbons (Fsp3) is 0.600. The minimum absolute atomic E-state index is 0.165. The van der Waals surface area contributed by atoms with Crippen molar-refractivity contribution >= 4 is 0 Å². The summed E-state index contributed by atoms with van der Waals surface area (Å²) in [5.74, 6) is 0. The Labute approximate surface area is 106 Å². The summed E-state index contributed by atoms with van der Waals surface area (Å²) in [6, 6.07) is 8.94. The van der Waals surface area contributed by atoms with E-state index < -0.39 is 0 Å². The third-order valence-electron chi connectivity index (χ3n) is 3.07.